The van der Waals surface area contributed by atoms with Gasteiger partial charge in [-0.05, 0) is 12.3 Å². The number of rotatable bonds is 6. The number of hydrogen-bond donors (Lipinski definition) is 3. The van der Waals surface area contributed by atoms with Crippen molar-refractivity contribution in [3.05, 3.63) is 0 Å². The van der Waals surface area contributed by atoms with Gasteiger partial charge in [-0.1, -0.05) is 13.8 Å². The number of carboxylic acids is 1. The second kappa shape index (κ2) is 7.00. The highest BCUT2D eigenvalue weighted by Crippen LogP contribution is 2.12. The second-order valence-corrected chi connectivity index (χ2v) is 4.69. The van der Waals surface area contributed by atoms with Gasteiger partial charge in [-0.25, -0.2) is 0 Å². The van der Waals surface area contributed by atoms with E-state index in [2.05, 4.69) is 25.3 Å². The van der Waals surface area contributed by atoms with Crippen LogP contribution in [-0.4, -0.2) is 34.2 Å². The number of hydrogen-bond acceptors (Lipinski definition) is 5. The molecule has 0 amide bonds. The average molecular weight is 252 g/mol. The van der Waals surface area contributed by atoms with E-state index in [1.54, 1.807) is 0 Å². The van der Waals surface area contributed by atoms with Crippen LogP contribution in [0.1, 0.15) is 20.3 Å². The zero-order valence-electron chi connectivity index (χ0n) is 8.71. The molecule has 6 heteroatoms. The summed E-state index contributed by atoms with van der Waals surface area (Å²) >= 11 is 7.60. The molecule has 0 rings (SSSR count). The summed E-state index contributed by atoms with van der Waals surface area (Å²) in [6, 6.07) is 0. The molecule has 0 saturated carbocycles. The summed E-state index contributed by atoms with van der Waals surface area (Å²) in [7, 11) is 0. The zero-order valence-corrected chi connectivity index (χ0v) is 10.5. The molecule has 0 saturated heterocycles. The van der Waals surface area contributed by atoms with Crippen molar-refractivity contribution in [3.63, 3.8) is 0 Å². The minimum atomic E-state index is -1.18. The molecule has 0 spiro atoms. The smallest absolute Gasteiger partial charge is 0.320 e. The molecule has 0 aliphatic rings. The van der Waals surface area contributed by atoms with E-state index in [1.807, 2.05) is 13.8 Å². The number of esters is 1. The van der Waals surface area contributed by atoms with Gasteiger partial charge in [0.05, 0.1) is 6.61 Å². The third-order valence-electron chi connectivity index (χ3n) is 1.73. The first-order valence-electron chi connectivity index (χ1n) is 4.61. The standard InChI is InChI=1S/C9H16O4S2/c1-5(2)3-4-13-9(12)7(15)6(14)8(10)11/h5-7,14-15H,3-4H2,1-2H3,(H,10,11)/t6-,7+/m1/s1. The van der Waals surface area contributed by atoms with Crippen LogP contribution in [0.15, 0.2) is 0 Å². The fourth-order valence-electron chi connectivity index (χ4n) is 0.745. The summed E-state index contributed by atoms with van der Waals surface area (Å²) in [5.74, 6) is -1.39. The lowest BCUT2D eigenvalue weighted by atomic mass is 10.1. The Morgan fingerprint density at radius 2 is 1.80 bits per heavy atom. The van der Waals surface area contributed by atoms with E-state index in [0.717, 1.165) is 6.42 Å². The molecule has 1 N–H and O–H groups in total. The van der Waals surface area contributed by atoms with Crippen LogP contribution in [0.3, 0.4) is 0 Å². The van der Waals surface area contributed by atoms with Gasteiger partial charge in [0.2, 0.25) is 0 Å². The van der Waals surface area contributed by atoms with Crippen LogP contribution in [-0.2, 0) is 14.3 Å². The van der Waals surface area contributed by atoms with Crippen LogP contribution in [0, 0.1) is 5.92 Å². The van der Waals surface area contributed by atoms with Crippen molar-refractivity contribution < 1.29 is 19.4 Å². The van der Waals surface area contributed by atoms with Crippen molar-refractivity contribution in [2.24, 2.45) is 5.92 Å². The Morgan fingerprint density at radius 1 is 1.27 bits per heavy atom. The van der Waals surface area contributed by atoms with Crippen molar-refractivity contribution in [2.75, 3.05) is 6.61 Å². The molecule has 0 aromatic rings. The summed E-state index contributed by atoms with van der Waals surface area (Å²) in [5, 5.41) is 6.41. The highest BCUT2D eigenvalue weighted by Gasteiger charge is 2.28. The first-order chi connectivity index (χ1) is 6.86. The van der Waals surface area contributed by atoms with Gasteiger partial charge < -0.3 is 9.84 Å². The monoisotopic (exact) mass is 252 g/mol. The van der Waals surface area contributed by atoms with Gasteiger partial charge in [-0.3, -0.25) is 9.59 Å². The zero-order chi connectivity index (χ0) is 12.0. The maximum atomic E-state index is 11.3. The van der Waals surface area contributed by atoms with E-state index in [-0.39, 0.29) is 6.61 Å². The molecule has 15 heavy (non-hydrogen) atoms. The Kier molecular flexibility index (Phi) is 6.84. The van der Waals surface area contributed by atoms with Crippen LogP contribution >= 0.6 is 25.3 Å². The largest absolute Gasteiger partial charge is 0.480 e. The Hall–Kier alpha value is -0.360. The molecule has 0 bridgehead atoms. The molecule has 0 aliphatic heterocycles. The maximum absolute atomic E-state index is 11.3. The third kappa shape index (κ3) is 5.94. The number of carboxylic acid groups (broad SMARTS) is 1. The third-order valence-corrected chi connectivity index (χ3v) is 3.00. The van der Waals surface area contributed by atoms with Gasteiger partial charge in [0.15, 0.2) is 0 Å². The minimum absolute atomic E-state index is 0.285. The first-order valence-corrected chi connectivity index (χ1v) is 5.65. The summed E-state index contributed by atoms with van der Waals surface area (Å²) in [4.78, 5) is 21.8. The van der Waals surface area contributed by atoms with Crippen LogP contribution < -0.4 is 0 Å². The maximum Gasteiger partial charge on any atom is 0.320 e. The lowest BCUT2D eigenvalue weighted by Crippen LogP contribution is -2.33. The molecule has 0 aromatic carbocycles. The molecule has 0 radical (unpaired) electrons. The fraction of sp³-hybridized carbons (Fsp3) is 0.778. The van der Waals surface area contributed by atoms with Crippen LogP contribution in [0.4, 0.5) is 0 Å². The second-order valence-electron chi connectivity index (χ2n) is 3.58. The number of thiol groups is 2. The number of aliphatic carboxylic acids is 1. The lowest BCUT2D eigenvalue weighted by Gasteiger charge is -2.14. The van der Waals surface area contributed by atoms with Crippen LogP contribution in [0.2, 0.25) is 0 Å². The minimum Gasteiger partial charge on any atom is -0.480 e. The van der Waals surface area contributed by atoms with Gasteiger partial charge in [0.25, 0.3) is 0 Å². The van der Waals surface area contributed by atoms with Crippen molar-refractivity contribution in [2.45, 2.75) is 30.8 Å². The lowest BCUT2D eigenvalue weighted by molar-refractivity contribution is -0.146. The Bertz CT molecular complexity index is 230. The van der Waals surface area contributed by atoms with Gasteiger partial charge >= 0.3 is 11.9 Å². The van der Waals surface area contributed by atoms with Crippen LogP contribution in [0.25, 0.3) is 0 Å². The van der Waals surface area contributed by atoms with E-state index in [9.17, 15) is 9.59 Å². The van der Waals surface area contributed by atoms with Gasteiger partial charge in [-0.2, -0.15) is 25.3 Å². The highest BCUT2D eigenvalue weighted by molar-refractivity contribution is 7.86. The van der Waals surface area contributed by atoms with Crippen molar-refractivity contribution in [3.8, 4) is 0 Å². The Labute approximate surface area is 100 Å². The van der Waals surface area contributed by atoms with Crippen molar-refractivity contribution in [1.82, 2.24) is 0 Å². The molecule has 0 heterocycles. The molecular formula is C9H16O4S2. The molecule has 0 aliphatic carbocycles. The topological polar surface area (TPSA) is 63.6 Å². The summed E-state index contributed by atoms with van der Waals surface area (Å²) < 4.78 is 4.86. The van der Waals surface area contributed by atoms with E-state index in [4.69, 9.17) is 9.84 Å². The fourth-order valence-corrected chi connectivity index (χ4v) is 1.07. The van der Waals surface area contributed by atoms with E-state index in [1.165, 1.54) is 0 Å². The normalized spacial score (nSPS) is 14.7. The molecule has 4 nitrogen and oxygen atoms in total. The van der Waals surface area contributed by atoms with E-state index in [0.29, 0.717) is 5.92 Å². The molecular weight excluding hydrogens is 236 g/mol. The van der Waals surface area contributed by atoms with E-state index >= 15 is 0 Å². The van der Waals surface area contributed by atoms with Gasteiger partial charge in [0.1, 0.15) is 10.5 Å². The quantitative estimate of drug-likeness (QED) is 0.492. The van der Waals surface area contributed by atoms with Gasteiger partial charge in [-0.15, -0.1) is 0 Å². The SMILES string of the molecule is CC(C)CCOC(=O)[C@@H](S)[C@@H](S)C(=O)O. The molecule has 2 atom stereocenters. The molecule has 88 valence electrons. The Balaban J connectivity index is 3.94. The predicted octanol–water partition coefficient (Wildman–Crippen LogP) is 1.26. The van der Waals surface area contributed by atoms with Crippen molar-refractivity contribution in [1.29, 1.82) is 0 Å². The summed E-state index contributed by atoms with van der Waals surface area (Å²) in [5.41, 5.74) is 0. The summed E-state index contributed by atoms with van der Waals surface area (Å²) in [6.45, 7) is 4.29. The Morgan fingerprint density at radius 3 is 2.20 bits per heavy atom. The van der Waals surface area contributed by atoms with Crippen molar-refractivity contribution >= 4 is 37.2 Å². The first kappa shape index (κ1) is 14.6. The predicted molar refractivity (Wildman–Crippen MR) is 63.6 cm³/mol. The summed E-state index contributed by atoms with van der Waals surface area (Å²) in [6.07, 6.45) is 0.747. The van der Waals surface area contributed by atoms with E-state index < -0.39 is 22.4 Å². The highest BCUT2D eigenvalue weighted by atomic mass is 32.1. The number of carbonyl (C=O) groups excluding carboxylic acids is 1. The molecule has 0 unspecified atom stereocenters. The molecule has 0 fully saturated rings. The average Bonchev–Trinajstić information content (AvgIpc) is 2.14. The molecule has 0 aromatic heterocycles. The number of ether oxygens (including phenoxy) is 1. The van der Waals surface area contributed by atoms with Crippen LogP contribution in [0.5, 0.6) is 0 Å². The van der Waals surface area contributed by atoms with Gasteiger partial charge in [0, 0.05) is 0 Å². The number of carbonyl (C=O) groups is 2.